The van der Waals surface area contributed by atoms with Crippen molar-refractivity contribution in [1.82, 2.24) is 20.3 Å². The summed E-state index contributed by atoms with van der Waals surface area (Å²) in [5.41, 5.74) is 2.73. The first-order chi connectivity index (χ1) is 16.0. The van der Waals surface area contributed by atoms with Crippen molar-refractivity contribution >= 4 is 5.91 Å². The summed E-state index contributed by atoms with van der Waals surface area (Å²) in [7, 11) is 0. The number of hydrogen-bond donors (Lipinski definition) is 1. The molecule has 1 aromatic carbocycles. The average Bonchev–Trinajstić information content (AvgIpc) is 2.78. The van der Waals surface area contributed by atoms with Crippen molar-refractivity contribution in [2.45, 2.75) is 32.4 Å². The van der Waals surface area contributed by atoms with E-state index in [-0.39, 0.29) is 17.9 Å². The van der Waals surface area contributed by atoms with Gasteiger partial charge in [0, 0.05) is 20.7 Å². The number of amides is 1. The normalized spacial score (nSPS) is 14.8. The highest BCUT2D eigenvalue weighted by Crippen LogP contribution is 2.21. The van der Waals surface area contributed by atoms with E-state index in [1.165, 1.54) is 0 Å². The molecule has 0 radical (unpaired) electrons. The molecule has 1 amide bonds. The van der Waals surface area contributed by atoms with E-state index in [9.17, 15) is 18.0 Å². The second-order valence-electron chi connectivity index (χ2n) is 6.61. The predicted octanol–water partition coefficient (Wildman–Crippen LogP) is 4.21. The Kier molecular flexibility index (Phi) is 5.63. The lowest BCUT2D eigenvalue weighted by atomic mass is 10.1. The number of aromatic nitrogens is 3. The zero-order valence-corrected chi connectivity index (χ0v) is 16.5. The Morgan fingerprint density at radius 2 is 1.90 bits per heavy atom. The van der Waals surface area contributed by atoms with Crippen LogP contribution >= 0.6 is 0 Å². The summed E-state index contributed by atoms with van der Waals surface area (Å²) in [5.74, 6) is -0.818. The van der Waals surface area contributed by atoms with Gasteiger partial charge in [-0.2, -0.15) is 13.2 Å². The molecule has 0 aliphatic carbocycles. The number of halogens is 3. The van der Waals surface area contributed by atoms with Crippen LogP contribution in [0.2, 0.25) is 0 Å². The number of carbonyl (C=O) groups excluding carboxylic acids is 1. The van der Waals surface area contributed by atoms with Crippen molar-refractivity contribution in [2.75, 3.05) is 6.61 Å². The third kappa shape index (κ3) is 6.50. The van der Waals surface area contributed by atoms with Crippen LogP contribution in [0.4, 0.5) is 13.2 Å². The van der Waals surface area contributed by atoms with Crippen LogP contribution in [-0.2, 0) is 11.2 Å². The standard InChI is InChI=1S/C22H21F3N4O2/c1-14(19-8-7-18(12-28-19)31-13-22(23,24)25)29-20(30)11-16-3-5-17(6-4-16)21-15(2)26-9-10-27-21/h3-10,12,14H,11,13H2,1-2H3,(H,29,30)/t14-/m1/s1/i1D2,14D. The maximum absolute atomic E-state index is 12.6. The van der Waals surface area contributed by atoms with Gasteiger partial charge in [-0.05, 0) is 31.5 Å². The number of nitrogens with zero attached hydrogens (tertiary/aromatic N) is 3. The van der Waals surface area contributed by atoms with E-state index in [0.29, 0.717) is 11.3 Å². The van der Waals surface area contributed by atoms with E-state index in [0.717, 1.165) is 29.6 Å². The van der Waals surface area contributed by atoms with E-state index in [2.05, 4.69) is 25.0 Å². The fourth-order valence-corrected chi connectivity index (χ4v) is 2.71. The number of carbonyl (C=O) groups is 1. The first-order valence-corrected chi connectivity index (χ1v) is 9.16. The largest absolute Gasteiger partial charge is 0.483 e. The molecule has 0 spiro atoms. The van der Waals surface area contributed by atoms with Gasteiger partial charge in [-0.1, -0.05) is 24.3 Å². The summed E-state index contributed by atoms with van der Waals surface area (Å²) in [4.78, 5) is 24.9. The highest BCUT2D eigenvalue weighted by molar-refractivity contribution is 5.79. The minimum Gasteiger partial charge on any atom is -0.483 e. The maximum Gasteiger partial charge on any atom is 0.422 e. The van der Waals surface area contributed by atoms with Crippen LogP contribution in [0.25, 0.3) is 11.3 Å². The predicted molar refractivity (Wildman–Crippen MR) is 108 cm³/mol. The second kappa shape index (κ2) is 9.55. The molecule has 2 aromatic heterocycles. The molecule has 0 aliphatic heterocycles. The zero-order valence-electron chi connectivity index (χ0n) is 19.5. The molecule has 0 bridgehead atoms. The number of aryl methyl sites for hydroxylation is 1. The van der Waals surface area contributed by atoms with Crippen LogP contribution in [0.15, 0.2) is 55.0 Å². The van der Waals surface area contributed by atoms with Crippen LogP contribution in [0, 0.1) is 6.92 Å². The highest BCUT2D eigenvalue weighted by Gasteiger charge is 2.28. The van der Waals surface area contributed by atoms with Crippen molar-refractivity contribution in [3.8, 4) is 17.0 Å². The first kappa shape index (κ1) is 18.3. The van der Waals surface area contributed by atoms with Crippen molar-refractivity contribution in [1.29, 1.82) is 0 Å². The number of nitrogens with one attached hydrogen (secondary N) is 1. The number of alkyl halides is 3. The summed E-state index contributed by atoms with van der Waals surface area (Å²) < 4.78 is 65.3. The van der Waals surface area contributed by atoms with Crippen molar-refractivity contribution < 1.29 is 26.8 Å². The topological polar surface area (TPSA) is 77.0 Å². The Bertz CT molecular complexity index is 1130. The molecule has 0 saturated carbocycles. The summed E-state index contributed by atoms with van der Waals surface area (Å²) in [5, 5.41) is 2.34. The minimum absolute atomic E-state index is 0.125. The Morgan fingerprint density at radius 3 is 2.52 bits per heavy atom. The molecular formula is C22H21F3N4O2. The van der Waals surface area contributed by atoms with E-state index in [1.807, 2.05) is 6.92 Å². The summed E-state index contributed by atoms with van der Waals surface area (Å²) >= 11 is 0. The molecule has 31 heavy (non-hydrogen) atoms. The van der Waals surface area contributed by atoms with E-state index < -0.39 is 31.6 Å². The number of benzene rings is 1. The van der Waals surface area contributed by atoms with Crippen LogP contribution in [0.3, 0.4) is 0 Å². The van der Waals surface area contributed by atoms with Crippen LogP contribution in [0.5, 0.6) is 5.75 Å². The SMILES string of the molecule is [2H]C([2H])[C@@]([2H])(NC(=O)Cc1ccc(-c2nccnc2C)cc1)c1ccc(OCC(F)(F)F)cn1. The van der Waals surface area contributed by atoms with E-state index >= 15 is 0 Å². The molecule has 162 valence electrons. The number of pyridine rings is 1. The summed E-state index contributed by atoms with van der Waals surface area (Å²) in [6, 6.07) is 7.05. The first-order valence-electron chi connectivity index (χ1n) is 10.8. The molecule has 0 aliphatic rings. The van der Waals surface area contributed by atoms with Crippen LogP contribution < -0.4 is 10.1 Å². The lowest BCUT2D eigenvalue weighted by Gasteiger charge is -2.14. The van der Waals surface area contributed by atoms with Gasteiger partial charge < -0.3 is 10.1 Å². The fourth-order valence-electron chi connectivity index (χ4n) is 2.71. The van der Waals surface area contributed by atoms with Gasteiger partial charge >= 0.3 is 6.18 Å². The van der Waals surface area contributed by atoms with Gasteiger partial charge in [-0.15, -0.1) is 0 Å². The second-order valence-corrected chi connectivity index (χ2v) is 6.61. The molecule has 9 heteroatoms. The highest BCUT2D eigenvalue weighted by atomic mass is 19.4. The van der Waals surface area contributed by atoms with Gasteiger partial charge in [0.2, 0.25) is 5.91 Å². The Balaban J connectivity index is 1.69. The fraction of sp³-hybridized carbons (Fsp3) is 0.273. The molecule has 6 nitrogen and oxygen atoms in total. The molecule has 0 saturated heterocycles. The van der Waals surface area contributed by atoms with Crippen LogP contribution in [0.1, 0.15) is 34.0 Å². The van der Waals surface area contributed by atoms with Crippen molar-refractivity contribution in [2.24, 2.45) is 0 Å². The Labute approximate surface area is 181 Å². The molecule has 3 aromatic rings. The quantitative estimate of drug-likeness (QED) is 0.604. The summed E-state index contributed by atoms with van der Waals surface area (Å²) in [6.07, 6.45) is -0.524. The third-order valence-corrected chi connectivity index (χ3v) is 4.16. The van der Waals surface area contributed by atoms with Crippen molar-refractivity contribution in [3.63, 3.8) is 0 Å². The summed E-state index contributed by atoms with van der Waals surface area (Å²) in [6.45, 7) is -1.54. The van der Waals surface area contributed by atoms with Gasteiger partial charge in [0.25, 0.3) is 0 Å². The van der Waals surface area contributed by atoms with Gasteiger partial charge in [-0.3, -0.25) is 19.7 Å². The minimum atomic E-state index is -4.52. The van der Waals surface area contributed by atoms with Crippen molar-refractivity contribution in [3.05, 3.63) is 71.9 Å². The molecular weight excluding hydrogens is 409 g/mol. The zero-order chi connectivity index (χ0) is 24.9. The van der Waals surface area contributed by atoms with Gasteiger partial charge in [0.15, 0.2) is 6.61 Å². The average molecular weight is 433 g/mol. The van der Waals surface area contributed by atoms with E-state index in [1.54, 1.807) is 36.7 Å². The van der Waals surface area contributed by atoms with Gasteiger partial charge in [0.05, 0.1) is 37.1 Å². The van der Waals surface area contributed by atoms with Crippen LogP contribution in [-0.4, -0.2) is 33.6 Å². The number of hydrogen-bond acceptors (Lipinski definition) is 5. The Hall–Kier alpha value is -3.49. The maximum atomic E-state index is 12.6. The Morgan fingerprint density at radius 1 is 1.16 bits per heavy atom. The molecule has 2 heterocycles. The smallest absolute Gasteiger partial charge is 0.422 e. The van der Waals surface area contributed by atoms with E-state index in [4.69, 9.17) is 4.11 Å². The number of ether oxygens (including phenoxy) is 1. The number of rotatable bonds is 7. The van der Waals surface area contributed by atoms with Gasteiger partial charge in [0.1, 0.15) is 5.75 Å². The molecule has 1 atom stereocenters. The lowest BCUT2D eigenvalue weighted by molar-refractivity contribution is -0.153. The third-order valence-electron chi connectivity index (χ3n) is 4.16. The molecule has 0 fully saturated rings. The molecule has 3 rings (SSSR count). The molecule has 0 unspecified atom stereocenters. The molecule has 1 N–H and O–H groups in total. The lowest BCUT2D eigenvalue weighted by Crippen LogP contribution is -2.28. The monoisotopic (exact) mass is 433 g/mol. The van der Waals surface area contributed by atoms with Gasteiger partial charge in [-0.25, -0.2) is 0 Å².